The van der Waals surface area contributed by atoms with Crippen LogP contribution in [-0.4, -0.2) is 62.6 Å². The third-order valence-corrected chi connectivity index (χ3v) is 5.92. The van der Waals surface area contributed by atoms with Gasteiger partial charge in [0.2, 0.25) is 11.8 Å². The SMILES string of the molecule is Cn1cnnc1[C@@H]1CCCN(C(=O)[C@H]2CC(=O)N(CCc3ccccc3)C2)C1. The lowest BCUT2D eigenvalue weighted by Crippen LogP contribution is -2.43. The summed E-state index contributed by atoms with van der Waals surface area (Å²) < 4.78 is 1.93. The van der Waals surface area contributed by atoms with E-state index < -0.39 is 0 Å². The second-order valence-corrected chi connectivity index (χ2v) is 7.90. The first-order valence-corrected chi connectivity index (χ1v) is 10.1. The zero-order valence-corrected chi connectivity index (χ0v) is 16.3. The third kappa shape index (κ3) is 3.93. The van der Waals surface area contributed by atoms with Crippen molar-refractivity contribution in [1.82, 2.24) is 24.6 Å². The molecule has 2 amide bonds. The van der Waals surface area contributed by atoms with Crippen LogP contribution in [0.3, 0.4) is 0 Å². The maximum absolute atomic E-state index is 13.1. The largest absolute Gasteiger partial charge is 0.342 e. The van der Waals surface area contributed by atoms with Gasteiger partial charge in [-0.15, -0.1) is 10.2 Å². The van der Waals surface area contributed by atoms with E-state index in [-0.39, 0.29) is 23.7 Å². The Morgan fingerprint density at radius 2 is 2.04 bits per heavy atom. The van der Waals surface area contributed by atoms with Crippen molar-refractivity contribution in [2.75, 3.05) is 26.2 Å². The lowest BCUT2D eigenvalue weighted by Gasteiger charge is -2.33. The number of carbonyl (C=O) groups excluding carboxylic acids is 2. The molecule has 2 aliphatic heterocycles. The van der Waals surface area contributed by atoms with Crippen LogP contribution in [0.5, 0.6) is 0 Å². The van der Waals surface area contributed by atoms with Gasteiger partial charge in [-0.25, -0.2) is 0 Å². The summed E-state index contributed by atoms with van der Waals surface area (Å²) >= 11 is 0. The fourth-order valence-electron chi connectivity index (χ4n) is 4.37. The Balaban J connectivity index is 1.34. The van der Waals surface area contributed by atoms with Gasteiger partial charge in [-0.2, -0.15) is 0 Å². The van der Waals surface area contributed by atoms with Crippen LogP contribution in [0.2, 0.25) is 0 Å². The summed E-state index contributed by atoms with van der Waals surface area (Å²) in [6.45, 7) is 2.64. The summed E-state index contributed by atoms with van der Waals surface area (Å²) in [5, 5.41) is 8.19. The van der Waals surface area contributed by atoms with E-state index in [1.807, 2.05) is 39.6 Å². The van der Waals surface area contributed by atoms with Crippen LogP contribution in [0, 0.1) is 5.92 Å². The molecule has 2 aliphatic rings. The van der Waals surface area contributed by atoms with E-state index in [1.54, 1.807) is 6.33 Å². The second-order valence-electron chi connectivity index (χ2n) is 7.90. The average Bonchev–Trinajstić information content (AvgIpc) is 3.32. The Morgan fingerprint density at radius 3 is 2.79 bits per heavy atom. The standard InChI is InChI=1S/C21H27N5O2/c1-24-15-22-23-20(24)17-8-5-10-26(13-17)21(28)18-12-19(27)25(14-18)11-9-16-6-3-2-4-7-16/h2-4,6-7,15,17-18H,5,8-14H2,1H3/t17-,18+/m1/s1. The molecule has 2 atom stereocenters. The molecule has 7 nitrogen and oxygen atoms in total. The summed E-state index contributed by atoms with van der Waals surface area (Å²) in [6.07, 6.45) is 4.84. The maximum atomic E-state index is 13.1. The number of nitrogens with zero attached hydrogens (tertiary/aromatic N) is 5. The molecular weight excluding hydrogens is 354 g/mol. The monoisotopic (exact) mass is 381 g/mol. The first kappa shape index (κ1) is 18.7. The zero-order valence-electron chi connectivity index (χ0n) is 16.3. The number of piperidine rings is 1. The van der Waals surface area contributed by atoms with E-state index in [9.17, 15) is 9.59 Å². The van der Waals surface area contributed by atoms with Crippen molar-refractivity contribution in [2.45, 2.75) is 31.6 Å². The van der Waals surface area contributed by atoms with Gasteiger partial charge in [0.05, 0.1) is 5.92 Å². The molecule has 2 saturated heterocycles. The lowest BCUT2D eigenvalue weighted by atomic mass is 9.95. The Bertz CT molecular complexity index is 834. The van der Waals surface area contributed by atoms with Crippen molar-refractivity contribution in [3.8, 4) is 0 Å². The predicted octanol–water partition coefficient (Wildman–Crippen LogP) is 1.61. The Labute approximate surface area is 165 Å². The topological polar surface area (TPSA) is 71.3 Å². The Morgan fingerprint density at radius 1 is 1.21 bits per heavy atom. The van der Waals surface area contributed by atoms with Crippen LogP contribution in [-0.2, 0) is 23.1 Å². The number of amides is 2. The fourth-order valence-corrected chi connectivity index (χ4v) is 4.37. The van der Waals surface area contributed by atoms with Gasteiger partial charge in [0, 0.05) is 45.6 Å². The molecule has 148 valence electrons. The average molecular weight is 381 g/mol. The number of aryl methyl sites for hydroxylation is 1. The van der Waals surface area contributed by atoms with Gasteiger partial charge in [-0.1, -0.05) is 30.3 Å². The quantitative estimate of drug-likeness (QED) is 0.789. The molecule has 2 aromatic rings. The van der Waals surface area contributed by atoms with E-state index in [1.165, 1.54) is 5.56 Å². The smallest absolute Gasteiger partial charge is 0.228 e. The van der Waals surface area contributed by atoms with Gasteiger partial charge in [0.15, 0.2) is 0 Å². The molecule has 7 heteroatoms. The molecule has 0 radical (unpaired) electrons. The third-order valence-electron chi connectivity index (χ3n) is 5.92. The van der Waals surface area contributed by atoms with Crippen LogP contribution in [0.4, 0.5) is 0 Å². The molecule has 1 aromatic heterocycles. The summed E-state index contributed by atoms with van der Waals surface area (Å²) in [5.41, 5.74) is 1.22. The summed E-state index contributed by atoms with van der Waals surface area (Å²) in [5.74, 6) is 1.14. The van der Waals surface area contributed by atoms with Crippen LogP contribution in [0.1, 0.15) is 36.6 Å². The van der Waals surface area contributed by atoms with Gasteiger partial charge in [0.1, 0.15) is 12.2 Å². The molecule has 1 aromatic carbocycles. The van der Waals surface area contributed by atoms with Gasteiger partial charge in [0.25, 0.3) is 0 Å². The van der Waals surface area contributed by atoms with Gasteiger partial charge < -0.3 is 14.4 Å². The number of carbonyl (C=O) groups is 2. The molecule has 28 heavy (non-hydrogen) atoms. The summed E-state index contributed by atoms with van der Waals surface area (Å²) in [7, 11) is 1.94. The van der Waals surface area contributed by atoms with Crippen molar-refractivity contribution in [3.05, 3.63) is 48.0 Å². The van der Waals surface area contributed by atoms with Gasteiger partial charge in [-0.3, -0.25) is 9.59 Å². The fraction of sp³-hybridized carbons (Fsp3) is 0.524. The molecule has 0 N–H and O–H groups in total. The van der Waals surface area contributed by atoms with Crippen molar-refractivity contribution in [1.29, 1.82) is 0 Å². The van der Waals surface area contributed by atoms with Crippen LogP contribution >= 0.6 is 0 Å². The molecule has 4 rings (SSSR count). The zero-order chi connectivity index (χ0) is 19.5. The minimum atomic E-state index is -0.221. The van der Waals surface area contributed by atoms with Crippen molar-refractivity contribution in [2.24, 2.45) is 13.0 Å². The summed E-state index contributed by atoms with van der Waals surface area (Å²) in [4.78, 5) is 29.3. The van der Waals surface area contributed by atoms with Gasteiger partial charge in [-0.05, 0) is 24.8 Å². The maximum Gasteiger partial charge on any atom is 0.228 e. The van der Waals surface area contributed by atoms with E-state index in [2.05, 4.69) is 22.3 Å². The van der Waals surface area contributed by atoms with E-state index >= 15 is 0 Å². The minimum Gasteiger partial charge on any atom is -0.342 e. The van der Waals surface area contributed by atoms with Crippen molar-refractivity contribution >= 4 is 11.8 Å². The molecule has 0 saturated carbocycles. The van der Waals surface area contributed by atoms with E-state index in [4.69, 9.17) is 0 Å². The molecule has 3 heterocycles. The number of rotatable bonds is 5. The summed E-state index contributed by atoms with van der Waals surface area (Å²) in [6, 6.07) is 10.2. The molecule has 0 spiro atoms. The first-order chi connectivity index (χ1) is 13.6. The highest BCUT2D eigenvalue weighted by Gasteiger charge is 2.38. The lowest BCUT2D eigenvalue weighted by molar-refractivity contribution is -0.137. The second kappa shape index (κ2) is 8.12. The molecule has 0 unspecified atom stereocenters. The Kier molecular flexibility index (Phi) is 5.41. The molecule has 2 fully saturated rings. The highest BCUT2D eigenvalue weighted by molar-refractivity contribution is 5.89. The molecule has 0 aliphatic carbocycles. The Hall–Kier alpha value is -2.70. The minimum absolute atomic E-state index is 0.0936. The first-order valence-electron chi connectivity index (χ1n) is 10.1. The van der Waals surface area contributed by atoms with Gasteiger partial charge >= 0.3 is 0 Å². The van der Waals surface area contributed by atoms with Crippen molar-refractivity contribution < 1.29 is 9.59 Å². The molecule has 0 bridgehead atoms. The highest BCUT2D eigenvalue weighted by atomic mass is 16.2. The number of hydrogen-bond acceptors (Lipinski definition) is 4. The van der Waals surface area contributed by atoms with Crippen LogP contribution in [0.15, 0.2) is 36.7 Å². The predicted molar refractivity (Wildman–Crippen MR) is 104 cm³/mol. The van der Waals surface area contributed by atoms with Crippen LogP contribution in [0.25, 0.3) is 0 Å². The highest BCUT2D eigenvalue weighted by Crippen LogP contribution is 2.28. The van der Waals surface area contributed by atoms with Crippen molar-refractivity contribution in [3.63, 3.8) is 0 Å². The molecular formula is C21H27N5O2. The van der Waals surface area contributed by atoms with Crippen LogP contribution < -0.4 is 0 Å². The van der Waals surface area contributed by atoms with E-state index in [0.29, 0.717) is 26.1 Å². The number of benzene rings is 1. The number of likely N-dealkylation sites (tertiary alicyclic amines) is 2. The van der Waals surface area contributed by atoms with E-state index in [0.717, 1.165) is 31.6 Å². The normalized spacial score (nSPS) is 22.7. The number of hydrogen-bond donors (Lipinski definition) is 0. The number of aromatic nitrogens is 3.